The van der Waals surface area contributed by atoms with Crippen molar-refractivity contribution in [1.82, 2.24) is 14.7 Å². The van der Waals surface area contributed by atoms with Crippen LogP contribution in [0.2, 0.25) is 0 Å². The van der Waals surface area contributed by atoms with Crippen LogP contribution in [0.15, 0.2) is 47.8 Å². The number of aromatic nitrogens is 2. The van der Waals surface area contributed by atoms with Gasteiger partial charge >= 0.3 is 0 Å². The molecule has 1 heterocycles. The lowest BCUT2D eigenvalue weighted by molar-refractivity contribution is 0.0483. The van der Waals surface area contributed by atoms with Gasteiger partial charge < -0.3 is 9.64 Å². The Morgan fingerprint density at radius 3 is 2.48 bits per heavy atom. The molecule has 2 aliphatic carbocycles. The van der Waals surface area contributed by atoms with Gasteiger partial charge in [-0.15, -0.1) is 0 Å². The number of hydrogen-bond acceptors (Lipinski definition) is 7. The predicted molar refractivity (Wildman–Crippen MR) is 158 cm³/mol. The highest BCUT2D eigenvalue weighted by molar-refractivity contribution is 7.89. The van der Waals surface area contributed by atoms with Gasteiger partial charge in [0.15, 0.2) is 5.78 Å². The predicted octanol–water partition coefficient (Wildman–Crippen LogP) is 5.76. The Hall–Kier alpha value is -2.78. The topological polar surface area (TPSA) is 101 Å². The smallest absolute Gasteiger partial charge is 0.240 e. The van der Waals surface area contributed by atoms with Crippen LogP contribution in [0.3, 0.4) is 0 Å². The molecular formula is C31H44N4O4S. The number of ketones is 1. The molecule has 0 unspecified atom stereocenters. The molecular weight excluding hydrogens is 524 g/mol. The fourth-order valence-corrected chi connectivity index (χ4v) is 6.36. The molecule has 0 bridgehead atoms. The quantitative estimate of drug-likeness (QED) is 0.242. The summed E-state index contributed by atoms with van der Waals surface area (Å²) in [6.07, 6.45) is 10.7. The Morgan fingerprint density at radius 1 is 1.10 bits per heavy atom. The lowest BCUT2D eigenvalue weighted by Crippen LogP contribution is -2.39. The SMILES string of the molecule is C=C(CCNS(=O)(=O)c1ccc(CC(=O)c2cc(N(CC3CC3)C3CCCCC3)ncn2)c(C)c1)OC(C)(C)C. The molecule has 0 spiro atoms. The van der Waals surface area contributed by atoms with E-state index in [2.05, 4.69) is 26.2 Å². The first-order valence-corrected chi connectivity index (χ1v) is 16.0. The summed E-state index contributed by atoms with van der Waals surface area (Å²) >= 11 is 0. The van der Waals surface area contributed by atoms with Gasteiger partial charge in [0.25, 0.3) is 0 Å². The van der Waals surface area contributed by atoms with Gasteiger partial charge in [0.2, 0.25) is 10.0 Å². The molecule has 0 atom stereocenters. The zero-order valence-corrected chi connectivity index (χ0v) is 25.2. The van der Waals surface area contributed by atoms with E-state index in [9.17, 15) is 13.2 Å². The molecule has 0 radical (unpaired) electrons. The maximum Gasteiger partial charge on any atom is 0.240 e. The Morgan fingerprint density at radius 2 is 1.82 bits per heavy atom. The van der Waals surface area contributed by atoms with Crippen LogP contribution >= 0.6 is 0 Å². The third kappa shape index (κ3) is 8.61. The van der Waals surface area contributed by atoms with Crippen molar-refractivity contribution >= 4 is 21.6 Å². The largest absolute Gasteiger partial charge is 0.493 e. The minimum Gasteiger partial charge on any atom is -0.493 e. The molecule has 0 aliphatic heterocycles. The number of nitrogens with one attached hydrogen (secondary N) is 1. The summed E-state index contributed by atoms with van der Waals surface area (Å²) in [4.78, 5) is 24.7. The van der Waals surface area contributed by atoms with Crippen molar-refractivity contribution in [2.24, 2.45) is 5.92 Å². The summed E-state index contributed by atoms with van der Waals surface area (Å²) in [6.45, 7) is 12.6. The second-order valence-corrected chi connectivity index (χ2v) is 14.0. The van der Waals surface area contributed by atoms with Crippen molar-refractivity contribution in [2.75, 3.05) is 18.0 Å². The van der Waals surface area contributed by atoms with Crippen molar-refractivity contribution in [1.29, 1.82) is 0 Å². The normalized spacial score (nSPS) is 16.5. The minimum absolute atomic E-state index is 0.104. The van der Waals surface area contributed by atoms with E-state index in [0.29, 0.717) is 23.9 Å². The summed E-state index contributed by atoms with van der Waals surface area (Å²) in [5.41, 5.74) is 1.54. The van der Waals surface area contributed by atoms with Crippen LogP contribution in [-0.4, -0.2) is 48.9 Å². The van der Waals surface area contributed by atoms with Crippen LogP contribution in [0, 0.1) is 12.8 Å². The van der Waals surface area contributed by atoms with E-state index in [1.165, 1.54) is 51.3 Å². The van der Waals surface area contributed by atoms with E-state index in [1.807, 2.05) is 33.8 Å². The highest BCUT2D eigenvalue weighted by Gasteiger charge is 2.30. The summed E-state index contributed by atoms with van der Waals surface area (Å²) in [6, 6.07) is 7.19. The summed E-state index contributed by atoms with van der Waals surface area (Å²) < 4.78 is 34.0. The van der Waals surface area contributed by atoms with Gasteiger partial charge in [-0.1, -0.05) is 31.9 Å². The Kier molecular flexibility index (Phi) is 9.67. The fourth-order valence-electron chi connectivity index (χ4n) is 5.25. The van der Waals surface area contributed by atoms with Crippen molar-refractivity contribution in [2.45, 2.75) is 102 Å². The Labute approximate surface area is 239 Å². The van der Waals surface area contributed by atoms with Crippen molar-refractivity contribution < 1.29 is 17.9 Å². The first-order chi connectivity index (χ1) is 18.9. The van der Waals surface area contributed by atoms with Crippen LogP contribution in [-0.2, 0) is 21.2 Å². The average Bonchev–Trinajstić information content (AvgIpc) is 3.72. The monoisotopic (exact) mass is 568 g/mol. The van der Waals surface area contributed by atoms with Gasteiger partial charge in [-0.05, 0) is 82.6 Å². The van der Waals surface area contributed by atoms with Crippen LogP contribution in [0.4, 0.5) is 5.82 Å². The van der Waals surface area contributed by atoms with Crippen molar-refractivity contribution in [3.05, 3.63) is 59.8 Å². The van der Waals surface area contributed by atoms with E-state index >= 15 is 0 Å². The number of carbonyl (C=O) groups excluding carboxylic acids is 1. The molecule has 2 aliphatic rings. The Bertz CT molecular complexity index is 1310. The lowest BCUT2D eigenvalue weighted by atomic mass is 9.94. The molecule has 0 amide bonds. The summed E-state index contributed by atoms with van der Waals surface area (Å²) in [7, 11) is -3.71. The van der Waals surface area contributed by atoms with E-state index in [0.717, 1.165) is 29.4 Å². The second-order valence-electron chi connectivity index (χ2n) is 12.2. The molecule has 1 aromatic carbocycles. The maximum atomic E-state index is 13.3. The number of anilines is 1. The van der Waals surface area contributed by atoms with E-state index < -0.39 is 10.0 Å². The average molecular weight is 569 g/mol. The summed E-state index contributed by atoms with van der Waals surface area (Å²) in [5.74, 6) is 1.99. The molecule has 8 nitrogen and oxygen atoms in total. The van der Waals surface area contributed by atoms with Crippen LogP contribution in [0.5, 0.6) is 0 Å². The molecule has 2 fully saturated rings. The number of hydrogen-bond donors (Lipinski definition) is 1. The molecule has 0 saturated heterocycles. The summed E-state index contributed by atoms with van der Waals surface area (Å²) in [5, 5.41) is 0. The molecule has 40 heavy (non-hydrogen) atoms. The number of carbonyl (C=O) groups is 1. The van der Waals surface area contributed by atoms with Crippen molar-refractivity contribution in [3.63, 3.8) is 0 Å². The third-order valence-electron chi connectivity index (χ3n) is 7.52. The van der Waals surface area contributed by atoms with Gasteiger partial charge in [0.1, 0.15) is 23.4 Å². The number of aryl methyl sites for hydroxylation is 1. The minimum atomic E-state index is -3.71. The number of Topliss-reactive ketones (excluding diaryl/α,β-unsaturated/α-hetero) is 1. The van der Waals surface area contributed by atoms with Crippen LogP contribution < -0.4 is 9.62 Å². The van der Waals surface area contributed by atoms with E-state index in [4.69, 9.17) is 4.74 Å². The van der Waals surface area contributed by atoms with Gasteiger partial charge in [-0.3, -0.25) is 4.79 Å². The van der Waals surface area contributed by atoms with Gasteiger partial charge in [0.05, 0.1) is 10.7 Å². The maximum absolute atomic E-state index is 13.3. The molecule has 2 saturated carbocycles. The Balaban J connectivity index is 1.40. The molecule has 1 N–H and O–H groups in total. The number of sulfonamides is 1. The number of ether oxygens (including phenoxy) is 1. The van der Waals surface area contributed by atoms with Crippen LogP contribution in [0.25, 0.3) is 0 Å². The molecule has 218 valence electrons. The highest BCUT2D eigenvalue weighted by atomic mass is 32.2. The number of nitrogens with zero attached hydrogens (tertiary/aromatic N) is 3. The van der Waals surface area contributed by atoms with E-state index in [1.54, 1.807) is 18.2 Å². The van der Waals surface area contributed by atoms with Gasteiger partial charge in [0, 0.05) is 38.0 Å². The highest BCUT2D eigenvalue weighted by Crippen LogP contribution is 2.34. The van der Waals surface area contributed by atoms with Gasteiger partial charge in [-0.2, -0.15) is 0 Å². The molecule has 2 aromatic rings. The van der Waals surface area contributed by atoms with E-state index in [-0.39, 0.29) is 29.2 Å². The first kappa shape index (κ1) is 30.2. The van der Waals surface area contributed by atoms with Gasteiger partial charge in [-0.25, -0.2) is 23.1 Å². The number of rotatable bonds is 13. The fraction of sp³-hybridized carbons (Fsp3) is 0.581. The lowest BCUT2D eigenvalue weighted by Gasteiger charge is -2.35. The molecule has 9 heteroatoms. The van der Waals surface area contributed by atoms with Crippen LogP contribution in [0.1, 0.15) is 93.8 Å². The third-order valence-corrected chi connectivity index (χ3v) is 8.98. The standard InChI is InChI=1S/C31H44N4O4S/c1-22-17-27(40(37,38)34-16-15-23(2)39-31(3,4)5)14-13-25(22)18-29(36)28-19-30(33-21-32-28)35(20-24-11-12-24)26-9-7-6-8-10-26/h13-14,17,19,21,24,26,34H,2,6-12,15-16,18,20H2,1,3-5H3. The molecule has 4 rings (SSSR count). The second kappa shape index (κ2) is 12.8. The zero-order chi connectivity index (χ0) is 28.9. The number of benzene rings is 1. The molecule has 1 aromatic heterocycles. The van der Waals surface area contributed by atoms with Crippen molar-refractivity contribution in [3.8, 4) is 0 Å². The zero-order valence-electron chi connectivity index (χ0n) is 24.4. The first-order valence-electron chi connectivity index (χ1n) is 14.5.